The summed E-state index contributed by atoms with van der Waals surface area (Å²) >= 11 is 5.42. The number of hydrogen-bond acceptors (Lipinski definition) is 4. The van der Waals surface area contributed by atoms with Crippen LogP contribution < -0.4 is 10.5 Å². The monoisotopic (exact) mass is 237 g/mol. The molecule has 1 aromatic heterocycles. The molecule has 0 unspecified atom stereocenters. The highest BCUT2D eigenvalue weighted by Crippen LogP contribution is 2.33. The number of nitrogens with two attached hydrogens (primary N) is 1. The van der Waals surface area contributed by atoms with Crippen LogP contribution in [0.4, 0.5) is 18.9 Å². The van der Waals surface area contributed by atoms with Gasteiger partial charge in [-0.2, -0.15) is 5.26 Å². The largest absolute Gasteiger partial charge is 0.574 e. The number of anilines is 1. The van der Waals surface area contributed by atoms with E-state index in [1.165, 1.54) is 0 Å². The minimum Gasteiger partial charge on any atom is -0.396 e. The number of hydrogen-bond donors (Lipinski definition) is 1. The highest BCUT2D eigenvalue weighted by Gasteiger charge is 2.33. The highest BCUT2D eigenvalue weighted by molar-refractivity contribution is 6.34. The van der Waals surface area contributed by atoms with E-state index in [0.717, 1.165) is 6.20 Å². The Morgan fingerprint density at radius 2 is 2.13 bits per heavy atom. The summed E-state index contributed by atoms with van der Waals surface area (Å²) in [5, 5.41) is 7.94. The van der Waals surface area contributed by atoms with Crippen molar-refractivity contribution >= 4 is 17.3 Å². The molecule has 2 N–H and O–H groups in total. The normalized spacial score (nSPS) is 10.9. The summed E-state index contributed by atoms with van der Waals surface area (Å²) < 4.78 is 38.9. The highest BCUT2D eigenvalue weighted by atomic mass is 35.5. The van der Waals surface area contributed by atoms with Gasteiger partial charge in [-0.1, -0.05) is 11.6 Å². The average molecular weight is 238 g/mol. The smallest absolute Gasteiger partial charge is 0.396 e. The first-order valence-corrected chi connectivity index (χ1v) is 3.82. The molecule has 0 atom stereocenters. The van der Waals surface area contributed by atoms with E-state index in [-0.39, 0.29) is 11.3 Å². The molecule has 0 amide bonds. The minimum atomic E-state index is -4.91. The van der Waals surface area contributed by atoms with Crippen molar-refractivity contribution in [1.29, 1.82) is 5.26 Å². The molecular weight excluding hydrogens is 235 g/mol. The summed E-state index contributed by atoms with van der Waals surface area (Å²) in [6, 6.07) is 1.62. The Labute approximate surface area is 87.0 Å². The van der Waals surface area contributed by atoms with Crippen molar-refractivity contribution in [2.45, 2.75) is 6.36 Å². The van der Waals surface area contributed by atoms with Gasteiger partial charge in [0.2, 0.25) is 5.88 Å². The second-order valence-electron chi connectivity index (χ2n) is 2.36. The van der Waals surface area contributed by atoms with E-state index in [4.69, 9.17) is 22.6 Å². The van der Waals surface area contributed by atoms with Gasteiger partial charge in [-0.15, -0.1) is 13.2 Å². The number of nitrogens with zero attached hydrogens (tertiary/aromatic N) is 2. The van der Waals surface area contributed by atoms with Crippen LogP contribution >= 0.6 is 11.6 Å². The van der Waals surface area contributed by atoms with Gasteiger partial charge in [-0.05, 0) is 0 Å². The Bertz CT molecular complexity index is 427. The summed E-state index contributed by atoms with van der Waals surface area (Å²) in [6.07, 6.45) is -4.06. The van der Waals surface area contributed by atoms with Gasteiger partial charge in [0.25, 0.3) is 0 Å². The topological polar surface area (TPSA) is 71.9 Å². The SMILES string of the molecule is N#Cc1cnc(OC(F)(F)F)c(Cl)c1N. The number of alkyl halides is 3. The van der Waals surface area contributed by atoms with Crippen LogP contribution in [-0.2, 0) is 0 Å². The Morgan fingerprint density at radius 1 is 1.53 bits per heavy atom. The van der Waals surface area contributed by atoms with Crippen molar-refractivity contribution in [3.8, 4) is 11.9 Å². The summed E-state index contributed by atoms with van der Waals surface area (Å²) in [7, 11) is 0. The van der Waals surface area contributed by atoms with Crippen LogP contribution in [0.3, 0.4) is 0 Å². The maximum absolute atomic E-state index is 11.8. The number of ether oxygens (including phenoxy) is 1. The van der Waals surface area contributed by atoms with E-state index < -0.39 is 17.3 Å². The molecule has 4 nitrogen and oxygen atoms in total. The van der Waals surface area contributed by atoms with E-state index in [1.807, 2.05) is 0 Å². The first-order valence-electron chi connectivity index (χ1n) is 3.45. The summed E-state index contributed by atoms with van der Waals surface area (Å²) in [5.74, 6) is -0.874. The molecular formula is C7H3ClF3N3O. The molecule has 0 spiro atoms. The summed E-state index contributed by atoms with van der Waals surface area (Å²) in [5.41, 5.74) is 4.86. The van der Waals surface area contributed by atoms with Gasteiger partial charge >= 0.3 is 6.36 Å². The van der Waals surface area contributed by atoms with Crippen molar-refractivity contribution in [2.24, 2.45) is 0 Å². The molecule has 0 saturated carbocycles. The molecule has 0 aromatic carbocycles. The molecule has 0 aliphatic heterocycles. The Hall–Kier alpha value is -1.68. The van der Waals surface area contributed by atoms with Crippen molar-refractivity contribution in [1.82, 2.24) is 4.98 Å². The second-order valence-corrected chi connectivity index (χ2v) is 2.74. The Balaban J connectivity index is 3.14. The van der Waals surface area contributed by atoms with Gasteiger partial charge in [-0.25, -0.2) is 4.98 Å². The van der Waals surface area contributed by atoms with Gasteiger partial charge < -0.3 is 10.5 Å². The zero-order chi connectivity index (χ0) is 11.6. The maximum Gasteiger partial charge on any atom is 0.574 e. The lowest BCUT2D eigenvalue weighted by atomic mass is 10.2. The molecule has 1 aromatic rings. The molecule has 0 saturated heterocycles. The van der Waals surface area contributed by atoms with E-state index in [0.29, 0.717) is 0 Å². The number of rotatable bonds is 1. The zero-order valence-electron chi connectivity index (χ0n) is 6.97. The van der Waals surface area contributed by atoms with Crippen LogP contribution in [0.1, 0.15) is 5.56 Å². The second kappa shape index (κ2) is 3.82. The van der Waals surface area contributed by atoms with E-state index in [9.17, 15) is 13.2 Å². The number of pyridine rings is 1. The third-order valence-electron chi connectivity index (χ3n) is 1.36. The molecule has 1 heterocycles. The molecule has 0 radical (unpaired) electrons. The van der Waals surface area contributed by atoms with E-state index in [1.54, 1.807) is 6.07 Å². The van der Waals surface area contributed by atoms with Crippen LogP contribution in [0.5, 0.6) is 5.88 Å². The van der Waals surface area contributed by atoms with Crippen molar-refractivity contribution in [2.75, 3.05) is 5.73 Å². The van der Waals surface area contributed by atoms with Crippen LogP contribution in [0, 0.1) is 11.3 Å². The molecule has 80 valence electrons. The molecule has 0 bridgehead atoms. The lowest BCUT2D eigenvalue weighted by Gasteiger charge is -2.10. The third kappa shape index (κ3) is 2.63. The molecule has 8 heteroatoms. The van der Waals surface area contributed by atoms with Gasteiger partial charge in [-0.3, -0.25) is 0 Å². The third-order valence-corrected chi connectivity index (χ3v) is 1.72. The number of halogens is 4. The van der Waals surface area contributed by atoms with Gasteiger partial charge in [0.15, 0.2) is 0 Å². The van der Waals surface area contributed by atoms with Crippen LogP contribution in [-0.4, -0.2) is 11.3 Å². The molecule has 1 rings (SSSR count). The fourth-order valence-corrected chi connectivity index (χ4v) is 0.942. The van der Waals surface area contributed by atoms with Gasteiger partial charge in [0.05, 0.1) is 17.4 Å². The first kappa shape index (κ1) is 11.4. The van der Waals surface area contributed by atoms with Crippen molar-refractivity contribution in [3.05, 3.63) is 16.8 Å². The van der Waals surface area contributed by atoms with E-state index in [2.05, 4.69) is 9.72 Å². The minimum absolute atomic E-state index is 0.116. The Kier molecular flexibility index (Phi) is 2.90. The van der Waals surface area contributed by atoms with Gasteiger partial charge in [0, 0.05) is 0 Å². The predicted molar refractivity (Wildman–Crippen MR) is 45.1 cm³/mol. The first-order chi connectivity index (χ1) is 6.85. The van der Waals surface area contributed by atoms with Crippen LogP contribution in [0.15, 0.2) is 6.20 Å². The van der Waals surface area contributed by atoms with Gasteiger partial charge in [0.1, 0.15) is 11.1 Å². The summed E-state index contributed by atoms with van der Waals surface area (Å²) in [6.45, 7) is 0. The van der Waals surface area contributed by atoms with E-state index >= 15 is 0 Å². The lowest BCUT2D eigenvalue weighted by molar-refractivity contribution is -0.276. The molecule has 0 fully saturated rings. The molecule has 0 aliphatic carbocycles. The Morgan fingerprint density at radius 3 is 2.60 bits per heavy atom. The van der Waals surface area contributed by atoms with Crippen molar-refractivity contribution < 1.29 is 17.9 Å². The number of aromatic nitrogens is 1. The maximum atomic E-state index is 11.8. The predicted octanol–water partition coefficient (Wildman–Crippen LogP) is 2.09. The molecule has 0 aliphatic rings. The summed E-state index contributed by atoms with van der Waals surface area (Å²) in [4.78, 5) is 3.22. The molecule has 15 heavy (non-hydrogen) atoms. The zero-order valence-corrected chi connectivity index (χ0v) is 7.73. The van der Waals surface area contributed by atoms with Crippen LogP contribution in [0.25, 0.3) is 0 Å². The average Bonchev–Trinajstić information content (AvgIpc) is 2.11. The fourth-order valence-electron chi connectivity index (χ4n) is 0.753. The fraction of sp³-hybridized carbons (Fsp3) is 0.143. The van der Waals surface area contributed by atoms with Crippen LogP contribution in [0.2, 0.25) is 5.02 Å². The number of nitrogen functional groups attached to an aromatic ring is 1. The standard InChI is InChI=1S/C7H3ClF3N3O/c8-4-5(13)3(1-12)2-14-6(4)15-7(9,10)11/h2H,(H2,13,14). The number of nitriles is 1. The van der Waals surface area contributed by atoms with Crippen molar-refractivity contribution in [3.63, 3.8) is 0 Å². The lowest BCUT2D eigenvalue weighted by Crippen LogP contribution is -2.18. The quantitative estimate of drug-likeness (QED) is 0.812.